The number of aliphatic hydroxyl groups is 1. The number of morpholine rings is 1. The van der Waals surface area contributed by atoms with Crippen molar-refractivity contribution in [3.63, 3.8) is 0 Å². The van der Waals surface area contributed by atoms with Crippen LogP contribution in [0.15, 0.2) is 60.7 Å². The molecule has 2 fully saturated rings. The molecule has 37 heavy (non-hydrogen) atoms. The van der Waals surface area contributed by atoms with Crippen LogP contribution in [0.2, 0.25) is 0 Å². The maximum Gasteiger partial charge on any atom is 0.227 e. The van der Waals surface area contributed by atoms with Gasteiger partial charge < -0.3 is 19.3 Å². The summed E-state index contributed by atoms with van der Waals surface area (Å²) in [5.74, 6) is 1.47. The number of hydrogen-bond donors (Lipinski definition) is 1. The van der Waals surface area contributed by atoms with Gasteiger partial charge in [-0.25, -0.2) is 4.68 Å². The highest BCUT2D eigenvalue weighted by Gasteiger charge is 2.26. The number of nitrogens with zero attached hydrogens (tertiary/aromatic N) is 4. The minimum atomic E-state index is -0.470. The van der Waals surface area contributed by atoms with Crippen molar-refractivity contribution in [3.05, 3.63) is 71.9 Å². The smallest absolute Gasteiger partial charge is 0.227 e. The molecule has 0 aliphatic carbocycles. The lowest BCUT2D eigenvalue weighted by molar-refractivity contribution is -0.000213. The quantitative estimate of drug-likeness (QED) is 0.426. The number of ether oxygens (including phenoxy) is 3. The van der Waals surface area contributed by atoms with Gasteiger partial charge in [0, 0.05) is 45.9 Å². The second-order valence-corrected chi connectivity index (χ2v) is 9.93. The van der Waals surface area contributed by atoms with Gasteiger partial charge in [-0.1, -0.05) is 36.4 Å². The number of hydrogen-bond acceptors (Lipinski definition) is 7. The standard InChI is InChI=1S/C29H38N4O4/c1-23-28(29(37-26-11-6-3-7-12-26)33(30-23)24-9-4-2-5-10-24)22-32(21-27-13-8-16-36-27)20-25(34)19-31-14-17-35-18-15-31/h2-7,9-12,25,27,34H,8,13-22H2,1H3/t25-,27-/m0/s1. The van der Waals surface area contributed by atoms with E-state index >= 15 is 0 Å². The van der Waals surface area contributed by atoms with Crippen LogP contribution < -0.4 is 4.74 Å². The molecular weight excluding hydrogens is 468 g/mol. The van der Waals surface area contributed by atoms with Crippen LogP contribution in [0, 0.1) is 6.92 Å². The molecule has 8 heteroatoms. The highest BCUT2D eigenvalue weighted by molar-refractivity contribution is 5.43. The molecule has 2 saturated heterocycles. The normalized spacial score (nSPS) is 19.4. The molecule has 0 bridgehead atoms. The summed E-state index contributed by atoms with van der Waals surface area (Å²) in [5.41, 5.74) is 2.87. The van der Waals surface area contributed by atoms with Crippen LogP contribution in [-0.2, 0) is 16.0 Å². The number of benzene rings is 2. The van der Waals surface area contributed by atoms with Crippen LogP contribution in [-0.4, -0.2) is 89.4 Å². The Kier molecular flexibility index (Phi) is 8.86. The van der Waals surface area contributed by atoms with Crippen molar-refractivity contribution in [3.8, 4) is 17.3 Å². The molecule has 0 unspecified atom stereocenters. The van der Waals surface area contributed by atoms with Crippen molar-refractivity contribution >= 4 is 0 Å². The maximum absolute atomic E-state index is 11.1. The molecule has 198 valence electrons. The number of aliphatic hydroxyl groups excluding tert-OH is 1. The first-order valence-corrected chi connectivity index (χ1v) is 13.3. The molecule has 1 aromatic heterocycles. The maximum atomic E-state index is 11.1. The average molecular weight is 507 g/mol. The predicted octanol–water partition coefficient (Wildman–Crippen LogP) is 3.65. The summed E-state index contributed by atoms with van der Waals surface area (Å²) in [4.78, 5) is 4.58. The van der Waals surface area contributed by atoms with E-state index in [-0.39, 0.29) is 6.10 Å². The van der Waals surface area contributed by atoms with Crippen LogP contribution in [0.4, 0.5) is 0 Å². The molecule has 2 atom stereocenters. The fourth-order valence-corrected chi connectivity index (χ4v) is 5.11. The van der Waals surface area contributed by atoms with Crippen molar-refractivity contribution in [2.24, 2.45) is 0 Å². The van der Waals surface area contributed by atoms with E-state index in [1.54, 1.807) is 0 Å². The average Bonchev–Trinajstić information content (AvgIpc) is 3.54. The Morgan fingerprint density at radius 2 is 1.78 bits per heavy atom. The van der Waals surface area contributed by atoms with Gasteiger partial charge in [-0.3, -0.25) is 9.80 Å². The number of rotatable bonds is 11. The predicted molar refractivity (Wildman–Crippen MR) is 142 cm³/mol. The highest BCUT2D eigenvalue weighted by Crippen LogP contribution is 2.32. The van der Waals surface area contributed by atoms with Crippen molar-refractivity contribution in [1.82, 2.24) is 19.6 Å². The lowest BCUT2D eigenvalue weighted by atomic mass is 10.1. The zero-order valence-corrected chi connectivity index (χ0v) is 21.7. The van der Waals surface area contributed by atoms with Crippen LogP contribution >= 0.6 is 0 Å². The Balaban J connectivity index is 1.40. The van der Waals surface area contributed by atoms with E-state index in [0.717, 1.165) is 75.0 Å². The fraction of sp³-hybridized carbons (Fsp3) is 0.483. The third-order valence-electron chi connectivity index (χ3n) is 7.00. The van der Waals surface area contributed by atoms with E-state index < -0.39 is 6.10 Å². The van der Waals surface area contributed by atoms with Crippen LogP contribution in [0.25, 0.3) is 5.69 Å². The molecule has 0 amide bonds. The van der Waals surface area contributed by atoms with Gasteiger partial charge in [0.25, 0.3) is 0 Å². The summed E-state index contributed by atoms with van der Waals surface area (Å²) in [6.45, 7) is 8.58. The minimum absolute atomic E-state index is 0.179. The topological polar surface area (TPSA) is 72.2 Å². The van der Waals surface area contributed by atoms with Gasteiger partial charge in [0.1, 0.15) is 5.75 Å². The summed E-state index contributed by atoms with van der Waals surface area (Å²) in [6.07, 6.45) is 1.84. The van der Waals surface area contributed by atoms with Crippen molar-refractivity contribution in [2.45, 2.75) is 38.5 Å². The molecule has 0 radical (unpaired) electrons. The summed E-state index contributed by atoms with van der Waals surface area (Å²) >= 11 is 0. The minimum Gasteiger partial charge on any atom is -0.439 e. The SMILES string of the molecule is Cc1nn(-c2ccccc2)c(Oc2ccccc2)c1CN(C[C@@H](O)CN1CCOCC1)C[C@@H]1CCCO1. The molecule has 0 spiro atoms. The Bertz CT molecular complexity index is 1100. The zero-order valence-electron chi connectivity index (χ0n) is 21.7. The van der Waals surface area contributed by atoms with Crippen LogP contribution in [0.1, 0.15) is 24.1 Å². The van der Waals surface area contributed by atoms with Crippen molar-refractivity contribution < 1.29 is 19.3 Å². The number of aromatic nitrogens is 2. The molecule has 2 aromatic carbocycles. The number of aryl methyl sites for hydroxylation is 1. The van der Waals surface area contributed by atoms with E-state index in [4.69, 9.17) is 19.3 Å². The van der Waals surface area contributed by atoms with E-state index in [2.05, 4.69) is 9.80 Å². The first-order valence-electron chi connectivity index (χ1n) is 13.3. The molecule has 1 N–H and O–H groups in total. The summed E-state index contributed by atoms with van der Waals surface area (Å²) in [7, 11) is 0. The molecular formula is C29H38N4O4. The van der Waals surface area contributed by atoms with Crippen molar-refractivity contribution in [1.29, 1.82) is 0 Å². The number of β-amino-alcohol motifs (C(OH)–C–C–N with tert-alkyl or cyclic N) is 1. The van der Waals surface area contributed by atoms with Gasteiger partial charge in [-0.05, 0) is 44.0 Å². The largest absolute Gasteiger partial charge is 0.439 e. The second-order valence-electron chi connectivity index (χ2n) is 9.93. The van der Waals surface area contributed by atoms with Crippen LogP contribution in [0.5, 0.6) is 11.6 Å². The molecule has 5 rings (SSSR count). The molecule has 8 nitrogen and oxygen atoms in total. The molecule has 0 saturated carbocycles. The van der Waals surface area contributed by atoms with E-state index in [9.17, 15) is 5.11 Å². The van der Waals surface area contributed by atoms with Gasteiger partial charge in [0.2, 0.25) is 5.88 Å². The van der Waals surface area contributed by atoms with Gasteiger partial charge in [-0.15, -0.1) is 0 Å². The summed E-state index contributed by atoms with van der Waals surface area (Å²) in [5, 5.41) is 15.9. The Morgan fingerprint density at radius 1 is 1.05 bits per heavy atom. The molecule has 2 aliphatic heterocycles. The van der Waals surface area contributed by atoms with Crippen LogP contribution in [0.3, 0.4) is 0 Å². The van der Waals surface area contributed by atoms with E-state index in [0.29, 0.717) is 25.5 Å². The second kappa shape index (κ2) is 12.7. The van der Waals surface area contributed by atoms with Gasteiger partial charge in [0.05, 0.1) is 42.4 Å². The van der Waals surface area contributed by atoms with Gasteiger partial charge in [0.15, 0.2) is 0 Å². The monoisotopic (exact) mass is 506 g/mol. The third-order valence-corrected chi connectivity index (χ3v) is 7.00. The van der Waals surface area contributed by atoms with Gasteiger partial charge in [-0.2, -0.15) is 5.10 Å². The lowest BCUT2D eigenvalue weighted by Crippen LogP contribution is -2.45. The van der Waals surface area contributed by atoms with E-state index in [1.807, 2.05) is 72.3 Å². The first kappa shape index (κ1) is 25.9. The molecule has 3 heterocycles. The Labute approximate surface area is 219 Å². The Morgan fingerprint density at radius 3 is 2.49 bits per heavy atom. The first-order chi connectivity index (χ1) is 18.2. The van der Waals surface area contributed by atoms with E-state index in [1.165, 1.54) is 0 Å². The van der Waals surface area contributed by atoms with Crippen molar-refractivity contribution in [2.75, 3.05) is 52.5 Å². The lowest BCUT2D eigenvalue weighted by Gasteiger charge is -2.32. The Hall–Kier alpha value is -2.75. The summed E-state index contributed by atoms with van der Waals surface area (Å²) in [6, 6.07) is 19.9. The van der Waals surface area contributed by atoms with Gasteiger partial charge >= 0.3 is 0 Å². The zero-order chi connectivity index (χ0) is 25.5. The third kappa shape index (κ3) is 6.97. The molecule has 3 aromatic rings. The fourth-order valence-electron chi connectivity index (χ4n) is 5.11. The highest BCUT2D eigenvalue weighted by atomic mass is 16.5. The summed E-state index contributed by atoms with van der Waals surface area (Å²) < 4.78 is 19.8. The molecule has 2 aliphatic rings. The number of para-hydroxylation sites is 2.